The first kappa shape index (κ1) is 18.8. The van der Waals surface area contributed by atoms with Crippen LogP contribution >= 0.6 is 11.6 Å². The lowest BCUT2D eigenvalue weighted by molar-refractivity contribution is 0.0930. The third-order valence-corrected chi connectivity index (χ3v) is 3.90. The first-order valence-electron chi connectivity index (χ1n) is 8.42. The normalized spacial score (nSPS) is 11.8. The van der Waals surface area contributed by atoms with Gasteiger partial charge in [-0.1, -0.05) is 22.8 Å². The summed E-state index contributed by atoms with van der Waals surface area (Å²) < 4.78 is 10.7. The van der Waals surface area contributed by atoms with Crippen molar-refractivity contribution in [1.29, 1.82) is 0 Å². The van der Waals surface area contributed by atoms with Gasteiger partial charge < -0.3 is 14.6 Å². The maximum atomic E-state index is 12.3. The molecular weight excluding hydrogens is 368 g/mol. The predicted molar refractivity (Wildman–Crippen MR) is 99.7 cm³/mol. The number of halogens is 1. The minimum atomic E-state index is -0.311. The molecule has 1 N–H and O–H groups in total. The Morgan fingerprint density at radius 1 is 1.33 bits per heavy atom. The van der Waals surface area contributed by atoms with Crippen LogP contribution in [0.1, 0.15) is 34.6 Å². The lowest BCUT2D eigenvalue weighted by Gasteiger charge is -2.12. The van der Waals surface area contributed by atoms with Crippen LogP contribution in [0, 0.1) is 6.92 Å². The van der Waals surface area contributed by atoms with Crippen LogP contribution in [0.3, 0.4) is 0 Å². The minimum Gasteiger partial charge on any atom is -0.484 e. The first-order chi connectivity index (χ1) is 13.0. The molecule has 0 saturated carbocycles. The number of carbonyl (C=O) groups is 1. The Bertz CT molecular complexity index is 929. The molecule has 140 valence electrons. The summed E-state index contributed by atoms with van der Waals surface area (Å²) >= 11 is 5.85. The maximum absolute atomic E-state index is 12.3. The van der Waals surface area contributed by atoms with Crippen molar-refractivity contribution in [3.8, 4) is 5.75 Å². The Morgan fingerprint density at radius 3 is 2.96 bits per heavy atom. The number of pyridine rings is 2. The van der Waals surface area contributed by atoms with Crippen LogP contribution in [-0.2, 0) is 13.0 Å². The van der Waals surface area contributed by atoms with Crippen LogP contribution in [0.25, 0.3) is 0 Å². The van der Waals surface area contributed by atoms with E-state index >= 15 is 0 Å². The molecule has 7 nitrogen and oxygen atoms in total. The molecule has 0 radical (unpaired) electrons. The van der Waals surface area contributed by atoms with Crippen molar-refractivity contribution in [2.75, 3.05) is 0 Å². The number of ether oxygens (including phenoxy) is 1. The number of aryl methyl sites for hydroxylation is 1. The lowest BCUT2D eigenvalue weighted by atomic mass is 10.1. The third kappa shape index (κ3) is 5.52. The van der Waals surface area contributed by atoms with Crippen LogP contribution in [0.15, 0.2) is 47.2 Å². The van der Waals surface area contributed by atoms with E-state index < -0.39 is 0 Å². The number of nitrogens with one attached hydrogen (secondary N) is 1. The molecule has 0 bridgehead atoms. The van der Waals surface area contributed by atoms with Crippen LogP contribution in [0.5, 0.6) is 5.75 Å². The van der Waals surface area contributed by atoms with Crippen molar-refractivity contribution >= 4 is 17.5 Å². The summed E-state index contributed by atoms with van der Waals surface area (Å²) in [6, 6.07) is 8.91. The summed E-state index contributed by atoms with van der Waals surface area (Å²) in [7, 11) is 0. The minimum absolute atomic E-state index is 0.0965. The van der Waals surface area contributed by atoms with Crippen molar-refractivity contribution in [2.45, 2.75) is 32.9 Å². The molecule has 0 saturated heterocycles. The second kappa shape index (κ2) is 8.64. The van der Waals surface area contributed by atoms with Gasteiger partial charge >= 0.3 is 0 Å². The van der Waals surface area contributed by atoms with Gasteiger partial charge in [-0.25, -0.2) is 0 Å². The number of carbonyl (C=O) groups excluding carboxylic acids is 1. The highest BCUT2D eigenvalue weighted by molar-refractivity contribution is 6.30. The Kier molecular flexibility index (Phi) is 6.03. The number of aromatic nitrogens is 3. The van der Waals surface area contributed by atoms with E-state index in [1.54, 1.807) is 12.1 Å². The van der Waals surface area contributed by atoms with Crippen LogP contribution < -0.4 is 10.1 Å². The third-order valence-electron chi connectivity index (χ3n) is 3.69. The van der Waals surface area contributed by atoms with Crippen molar-refractivity contribution in [2.24, 2.45) is 0 Å². The summed E-state index contributed by atoms with van der Waals surface area (Å²) in [6.07, 6.45) is 3.68. The fourth-order valence-corrected chi connectivity index (χ4v) is 2.65. The molecule has 0 unspecified atom stereocenters. The van der Waals surface area contributed by atoms with Gasteiger partial charge in [0.05, 0.1) is 11.2 Å². The van der Waals surface area contributed by atoms with Crippen molar-refractivity contribution in [3.05, 3.63) is 70.6 Å². The van der Waals surface area contributed by atoms with E-state index in [0.29, 0.717) is 23.0 Å². The van der Waals surface area contributed by atoms with Crippen LogP contribution in [-0.4, -0.2) is 27.1 Å². The monoisotopic (exact) mass is 386 g/mol. The molecule has 0 aliphatic heterocycles. The second-order valence-corrected chi connectivity index (χ2v) is 6.59. The molecule has 3 heterocycles. The van der Waals surface area contributed by atoms with Gasteiger partial charge in [0, 0.05) is 42.2 Å². The standard InChI is InChI=1S/C19H19ClN4O3/c1-12-4-3-5-15(22-12)6-13(2)23-19(25)18-8-17(27-24-18)11-26-16-7-14(20)9-21-10-16/h3-5,7-10,13H,6,11H2,1-2H3,(H,23,25)/t13-/m0/s1. The Labute approximate surface area is 161 Å². The average Bonchev–Trinajstić information content (AvgIpc) is 3.09. The van der Waals surface area contributed by atoms with Crippen molar-refractivity contribution < 1.29 is 14.1 Å². The molecule has 0 aliphatic rings. The van der Waals surface area contributed by atoms with E-state index in [1.807, 2.05) is 32.0 Å². The van der Waals surface area contributed by atoms with E-state index in [9.17, 15) is 4.79 Å². The van der Waals surface area contributed by atoms with Gasteiger partial charge in [-0.05, 0) is 26.0 Å². The molecule has 0 fully saturated rings. The molecule has 3 aromatic heterocycles. The molecule has 1 amide bonds. The molecule has 8 heteroatoms. The maximum Gasteiger partial charge on any atom is 0.273 e. The summed E-state index contributed by atoms with van der Waals surface area (Å²) in [5.74, 6) is 0.617. The SMILES string of the molecule is Cc1cccc(C[C@H](C)NC(=O)c2cc(COc3cncc(Cl)c3)on2)n1. The topological polar surface area (TPSA) is 90.1 Å². The number of rotatable bonds is 7. The highest BCUT2D eigenvalue weighted by Crippen LogP contribution is 2.17. The van der Waals surface area contributed by atoms with E-state index in [1.165, 1.54) is 12.4 Å². The molecule has 0 spiro atoms. The number of hydrogen-bond donors (Lipinski definition) is 1. The van der Waals surface area contributed by atoms with Gasteiger partial charge in [0.25, 0.3) is 5.91 Å². The van der Waals surface area contributed by atoms with E-state index in [2.05, 4.69) is 20.4 Å². The number of nitrogens with zero attached hydrogens (tertiary/aromatic N) is 3. The highest BCUT2D eigenvalue weighted by atomic mass is 35.5. The molecule has 27 heavy (non-hydrogen) atoms. The van der Waals surface area contributed by atoms with Gasteiger partial charge in [0.1, 0.15) is 12.4 Å². The van der Waals surface area contributed by atoms with Gasteiger partial charge in [-0.3, -0.25) is 14.8 Å². The Balaban J connectivity index is 1.53. The molecule has 1 atom stereocenters. The summed E-state index contributed by atoms with van der Waals surface area (Å²) in [5, 5.41) is 7.16. The van der Waals surface area contributed by atoms with Gasteiger partial charge in [0.2, 0.25) is 0 Å². The average molecular weight is 387 g/mol. The van der Waals surface area contributed by atoms with Gasteiger partial charge in [-0.2, -0.15) is 0 Å². The number of hydrogen-bond acceptors (Lipinski definition) is 6. The van der Waals surface area contributed by atoms with E-state index in [4.69, 9.17) is 20.9 Å². The summed E-state index contributed by atoms with van der Waals surface area (Å²) in [4.78, 5) is 20.7. The first-order valence-corrected chi connectivity index (χ1v) is 8.80. The van der Waals surface area contributed by atoms with Gasteiger partial charge in [0.15, 0.2) is 11.5 Å². The van der Waals surface area contributed by atoms with Crippen molar-refractivity contribution in [3.63, 3.8) is 0 Å². The zero-order valence-electron chi connectivity index (χ0n) is 15.0. The molecule has 0 aromatic carbocycles. The van der Waals surface area contributed by atoms with Crippen LogP contribution in [0.2, 0.25) is 5.02 Å². The molecular formula is C19H19ClN4O3. The zero-order chi connectivity index (χ0) is 19.2. The largest absolute Gasteiger partial charge is 0.484 e. The zero-order valence-corrected chi connectivity index (χ0v) is 15.7. The van der Waals surface area contributed by atoms with E-state index in [0.717, 1.165) is 11.4 Å². The van der Waals surface area contributed by atoms with Crippen LogP contribution in [0.4, 0.5) is 0 Å². The quantitative estimate of drug-likeness (QED) is 0.669. The smallest absolute Gasteiger partial charge is 0.273 e. The Hall–Kier alpha value is -2.93. The second-order valence-electron chi connectivity index (χ2n) is 6.15. The lowest BCUT2D eigenvalue weighted by Crippen LogP contribution is -2.34. The summed E-state index contributed by atoms with van der Waals surface area (Å²) in [6.45, 7) is 3.97. The molecule has 3 aromatic rings. The predicted octanol–water partition coefficient (Wildman–Crippen LogP) is 3.37. The molecule has 0 aliphatic carbocycles. The summed E-state index contributed by atoms with van der Waals surface area (Å²) in [5.41, 5.74) is 2.07. The van der Waals surface area contributed by atoms with E-state index in [-0.39, 0.29) is 24.2 Å². The number of amides is 1. The fourth-order valence-electron chi connectivity index (χ4n) is 2.49. The van der Waals surface area contributed by atoms with Crippen molar-refractivity contribution in [1.82, 2.24) is 20.4 Å². The molecule has 3 rings (SSSR count). The highest BCUT2D eigenvalue weighted by Gasteiger charge is 2.16. The Morgan fingerprint density at radius 2 is 2.19 bits per heavy atom. The fraction of sp³-hybridized carbons (Fsp3) is 0.263. The van der Waals surface area contributed by atoms with Gasteiger partial charge in [-0.15, -0.1) is 0 Å².